The van der Waals surface area contributed by atoms with Gasteiger partial charge in [0, 0.05) is 23.4 Å². The lowest BCUT2D eigenvalue weighted by molar-refractivity contribution is 0.267. The highest BCUT2D eigenvalue weighted by Crippen LogP contribution is 2.41. The van der Waals surface area contributed by atoms with Gasteiger partial charge in [-0.05, 0) is 49.2 Å². The van der Waals surface area contributed by atoms with E-state index in [4.69, 9.17) is 4.43 Å². The lowest BCUT2D eigenvalue weighted by Gasteiger charge is -2.38. The van der Waals surface area contributed by atoms with Gasteiger partial charge in [-0.1, -0.05) is 42.8 Å². The molecule has 0 saturated carbocycles. The molecule has 132 valence electrons. The number of rotatable bonds is 7. The van der Waals surface area contributed by atoms with Gasteiger partial charge in [0.2, 0.25) is 0 Å². The molecule has 0 aromatic heterocycles. The van der Waals surface area contributed by atoms with Gasteiger partial charge >= 0.3 is 0 Å². The van der Waals surface area contributed by atoms with Crippen LogP contribution >= 0.6 is 23.7 Å². The van der Waals surface area contributed by atoms with E-state index in [0.717, 1.165) is 16.6 Å². The molecule has 6 heteroatoms. The van der Waals surface area contributed by atoms with Gasteiger partial charge in [-0.15, -0.1) is 0 Å². The van der Waals surface area contributed by atoms with Crippen LogP contribution in [0, 0.1) is 0 Å². The van der Waals surface area contributed by atoms with Gasteiger partial charge in [-0.2, -0.15) is 0 Å². The molecule has 1 N–H and O–H groups in total. The fourth-order valence-corrected chi connectivity index (χ4v) is 6.08. The molecule has 0 heterocycles. The van der Waals surface area contributed by atoms with Crippen molar-refractivity contribution in [2.45, 2.75) is 58.1 Å². The van der Waals surface area contributed by atoms with Crippen LogP contribution in [0.2, 0.25) is 18.1 Å². The van der Waals surface area contributed by atoms with E-state index in [9.17, 15) is 4.57 Å². The fourth-order valence-electron chi connectivity index (χ4n) is 2.14. The second-order valence-electron chi connectivity index (χ2n) is 7.54. The van der Waals surface area contributed by atoms with Crippen molar-refractivity contribution >= 4 is 37.7 Å². The molecule has 0 amide bonds. The number of halogens is 1. The van der Waals surface area contributed by atoms with E-state index in [1.54, 1.807) is 0 Å². The zero-order valence-corrected chi connectivity index (χ0v) is 19.0. The number of anilines is 1. The zero-order chi connectivity index (χ0) is 17.8. The number of benzene rings is 1. The normalized spacial score (nSPS) is 15.3. The molecule has 1 rings (SSSR count). The molecule has 0 spiro atoms. The minimum Gasteiger partial charge on any atom is -0.408 e. The first-order chi connectivity index (χ1) is 10.5. The minimum atomic E-state index is -1.86. The van der Waals surface area contributed by atoms with Crippen molar-refractivity contribution in [1.82, 2.24) is 0 Å². The Labute approximate surface area is 151 Å². The molecule has 0 aliphatic rings. The Morgan fingerprint density at radius 2 is 1.96 bits per heavy atom. The zero-order valence-electron chi connectivity index (χ0n) is 15.4. The maximum atomic E-state index is 12.6. The summed E-state index contributed by atoms with van der Waals surface area (Å²) in [6.07, 6.45) is 1.50. The van der Waals surface area contributed by atoms with Gasteiger partial charge < -0.3 is 14.3 Å². The number of nitrogens with one attached hydrogen (secondary N) is 1. The third kappa shape index (κ3) is 6.04. The Kier molecular flexibility index (Phi) is 7.59. The molecule has 2 atom stereocenters. The van der Waals surface area contributed by atoms with Crippen molar-refractivity contribution in [2.24, 2.45) is 0 Å². The van der Waals surface area contributed by atoms with Gasteiger partial charge in [0.25, 0.3) is 0 Å². The molecule has 23 heavy (non-hydrogen) atoms. The van der Waals surface area contributed by atoms with Gasteiger partial charge in [0.05, 0.1) is 5.85 Å². The Morgan fingerprint density at radius 1 is 1.35 bits per heavy atom. The molecule has 0 radical (unpaired) electrons. The van der Waals surface area contributed by atoms with Crippen molar-refractivity contribution in [2.75, 3.05) is 18.5 Å². The van der Waals surface area contributed by atoms with E-state index >= 15 is 0 Å². The third-order valence-electron chi connectivity index (χ3n) is 4.71. The van der Waals surface area contributed by atoms with E-state index in [0.29, 0.717) is 6.16 Å². The van der Waals surface area contributed by atoms with Crippen molar-refractivity contribution in [1.29, 1.82) is 0 Å². The SMILES string of the molecule is CNc1cc(Br)ccc1CC[PH](=O)C(C)O[Si](C)(C)C(C)(C)C. The first-order valence-electron chi connectivity index (χ1n) is 8.14. The number of aryl methyl sites for hydroxylation is 1. The van der Waals surface area contributed by atoms with E-state index in [1.807, 2.05) is 20.0 Å². The minimum absolute atomic E-state index is 0.144. The van der Waals surface area contributed by atoms with Crippen LogP contribution in [0.15, 0.2) is 22.7 Å². The van der Waals surface area contributed by atoms with Crippen LogP contribution in [0.3, 0.4) is 0 Å². The molecular formula is C17H31BrNO2PSi. The van der Waals surface area contributed by atoms with E-state index in [-0.39, 0.29) is 10.9 Å². The highest BCUT2D eigenvalue weighted by Gasteiger charge is 2.39. The Bertz CT molecular complexity index is 558. The summed E-state index contributed by atoms with van der Waals surface area (Å²) in [7, 11) is -1.71. The average Bonchev–Trinajstić information content (AvgIpc) is 2.43. The number of hydrogen-bond acceptors (Lipinski definition) is 3. The Balaban J connectivity index is 2.67. The monoisotopic (exact) mass is 419 g/mol. The second-order valence-corrected chi connectivity index (χ2v) is 15.5. The van der Waals surface area contributed by atoms with Crippen LogP contribution in [0.5, 0.6) is 0 Å². The summed E-state index contributed by atoms with van der Waals surface area (Å²) in [5.74, 6) is -0.144. The van der Waals surface area contributed by atoms with Crippen molar-refractivity contribution in [3.05, 3.63) is 28.2 Å². The summed E-state index contributed by atoms with van der Waals surface area (Å²) < 4.78 is 20.0. The molecule has 0 bridgehead atoms. The van der Waals surface area contributed by atoms with E-state index < -0.39 is 16.1 Å². The van der Waals surface area contributed by atoms with Gasteiger partial charge in [-0.3, -0.25) is 0 Å². The highest BCUT2D eigenvalue weighted by atomic mass is 79.9. The van der Waals surface area contributed by atoms with Crippen molar-refractivity contribution in [3.8, 4) is 0 Å². The fraction of sp³-hybridized carbons (Fsp3) is 0.647. The maximum Gasteiger partial charge on any atom is 0.193 e. The van der Waals surface area contributed by atoms with E-state index in [2.05, 4.69) is 67.2 Å². The van der Waals surface area contributed by atoms with Crippen molar-refractivity contribution in [3.63, 3.8) is 0 Å². The first kappa shape index (κ1) is 21.0. The molecule has 1 aromatic carbocycles. The Hall–Kier alpha value is -0.0931. The summed E-state index contributed by atoms with van der Waals surface area (Å²) in [6, 6.07) is 6.18. The molecule has 0 fully saturated rings. The first-order valence-corrected chi connectivity index (χ1v) is 13.5. The summed E-state index contributed by atoms with van der Waals surface area (Å²) in [5.41, 5.74) is 2.29. The third-order valence-corrected chi connectivity index (χ3v) is 11.8. The van der Waals surface area contributed by atoms with Crippen molar-refractivity contribution < 1.29 is 8.99 Å². The van der Waals surface area contributed by atoms with Gasteiger partial charge in [0.1, 0.15) is 7.80 Å². The standard InChI is InChI=1S/C17H31BrNO2PSi/c1-13(21-23(6,7)17(2,3)4)22(20)11-10-14-8-9-15(18)12-16(14)19-5/h8-9,12-13,19,22H,10-11H2,1-7H3. The highest BCUT2D eigenvalue weighted by molar-refractivity contribution is 9.10. The van der Waals surface area contributed by atoms with Crippen LogP contribution in [-0.2, 0) is 15.4 Å². The Morgan fingerprint density at radius 3 is 2.48 bits per heavy atom. The smallest absolute Gasteiger partial charge is 0.193 e. The number of hydrogen-bond donors (Lipinski definition) is 1. The molecule has 2 unspecified atom stereocenters. The lowest BCUT2D eigenvalue weighted by Crippen LogP contribution is -2.42. The molecule has 1 aromatic rings. The van der Waals surface area contributed by atoms with Crippen LogP contribution in [0.4, 0.5) is 5.69 Å². The van der Waals surface area contributed by atoms with Gasteiger partial charge in [0.15, 0.2) is 8.32 Å². The molecular weight excluding hydrogens is 389 g/mol. The van der Waals surface area contributed by atoms with Crippen LogP contribution in [-0.4, -0.2) is 27.4 Å². The van der Waals surface area contributed by atoms with Gasteiger partial charge in [-0.25, -0.2) is 0 Å². The molecule has 0 aliphatic heterocycles. The largest absolute Gasteiger partial charge is 0.408 e. The predicted octanol–water partition coefficient (Wildman–Crippen LogP) is 5.96. The predicted molar refractivity (Wildman–Crippen MR) is 109 cm³/mol. The summed E-state index contributed by atoms with van der Waals surface area (Å²) in [6.45, 7) is 13.0. The summed E-state index contributed by atoms with van der Waals surface area (Å²) >= 11 is 3.48. The van der Waals surface area contributed by atoms with E-state index in [1.165, 1.54) is 5.56 Å². The van der Waals surface area contributed by atoms with Crippen LogP contribution < -0.4 is 5.32 Å². The maximum absolute atomic E-state index is 12.6. The lowest BCUT2D eigenvalue weighted by atomic mass is 10.1. The topological polar surface area (TPSA) is 38.3 Å². The van der Waals surface area contributed by atoms with Crippen LogP contribution in [0.25, 0.3) is 0 Å². The average molecular weight is 420 g/mol. The summed E-state index contributed by atoms with van der Waals surface area (Å²) in [4.78, 5) is 0. The molecule has 3 nitrogen and oxygen atoms in total. The van der Waals surface area contributed by atoms with Crippen LogP contribution in [0.1, 0.15) is 33.3 Å². The molecule has 0 aliphatic carbocycles. The quantitative estimate of drug-likeness (QED) is 0.437. The summed E-state index contributed by atoms with van der Waals surface area (Å²) in [5, 5.41) is 3.35. The molecule has 0 saturated heterocycles. The second kappa shape index (κ2) is 8.33.